The van der Waals surface area contributed by atoms with Crippen molar-refractivity contribution in [2.45, 2.75) is 38.5 Å². The molecule has 2 atom stereocenters. The molecule has 1 N–H and O–H groups in total. The van der Waals surface area contributed by atoms with Gasteiger partial charge in [-0.2, -0.15) is 0 Å². The van der Waals surface area contributed by atoms with Crippen molar-refractivity contribution in [3.8, 4) is 0 Å². The van der Waals surface area contributed by atoms with Crippen molar-refractivity contribution in [1.29, 1.82) is 0 Å². The molecule has 4 heteroatoms. The molecule has 2 heterocycles. The van der Waals surface area contributed by atoms with Gasteiger partial charge >= 0.3 is 0 Å². The monoisotopic (exact) mass is 252 g/mol. The Morgan fingerprint density at radius 2 is 2.22 bits per heavy atom. The van der Waals surface area contributed by atoms with Gasteiger partial charge in [-0.15, -0.1) is 0 Å². The SMILES string of the molecule is CCNCC1CCC(CN(C)Cc2ccco2)O1. The Morgan fingerprint density at radius 3 is 2.94 bits per heavy atom. The highest BCUT2D eigenvalue weighted by molar-refractivity contribution is 4.97. The largest absolute Gasteiger partial charge is 0.468 e. The molecule has 0 amide bonds. The predicted molar refractivity (Wildman–Crippen MR) is 71.5 cm³/mol. The Kier molecular flexibility index (Phi) is 5.23. The number of furan rings is 1. The third kappa shape index (κ3) is 4.12. The summed E-state index contributed by atoms with van der Waals surface area (Å²) in [6.45, 7) is 5.95. The summed E-state index contributed by atoms with van der Waals surface area (Å²) in [5, 5.41) is 3.35. The fraction of sp³-hybridized carbons (Fsp3) is 0.714. The molecule has 4 nitrogen and oxygen atoms in total. The van der Waals surface area contributed by atoms with Crippen LogP contribution < -0.4 is 5.32 Å². The molecule has 1 aromatic heterocycles. The lowest BCUT2D eigenvalue weighted by molar-refractivity contribution is 0.0260. The fourth-order valence-electron chi connectivity index (χ4n) is 2.45. The second-order valence-corrected chi connectivity index (χ2v) is 5.04. The summed E-state index contributed by atoms with van der Waals surface area (Å²) in [6, 6.07) is 3.95. The first-order chi connectivity index (χ1) is 8.78. The van der Waals surface area contributed by atoms with Crippen LogP contribution in [0.3, 0.4) is 0 Å². The molecule has 0 spiro atoms. The molecule has 0 aliphatic carbocycles. The van der Waals surface area contributed by atoms with Crippen molar-refractivity contribution in [2.75, 3.05) is 26.7 Å². The van der Waals surface area contributed by atoms with Gasteiger partial charge in [0.25, 0.3) is 0 Å². The molecule has 1 aliphatic heterocycles. The summed E-state index contributed by atoms with van der Waals surface area (Å²) in [4.78, 5) is 2.26. The number of hydrogen-bond donors (Lipinski definition) is 1. The van der Waals surface area contributed by atoms with E-state index in [1.54, 1.807) is 6.26 Å². The summed E-state index contributed by atoms with van der Waals surface area (Å²) in [5.41, 5.74) is 0. The summed E-state index contributed by atoms with van der Waals surface area (Å²) >= 11 is 0. The van der Waals surface area contributed by atoms with Gasteiger partial charge in [0.15, 0.2) is 0 Å². The van der Waals surface area contributed by atoms with Crippen molar-refractivity contribution < 1.29 is 9.15 Å². The van der Waals surface area contributed by atoms with E-state index >= 15 is 0 Å². The number of ether oxygens (including phenoxy) is 1. The maximum Gasteiger partial charge on any atom is 0.117 e. The number of hydrogen-bond acceptors (Lipinski definition) is 4. The molecule has 1 aliphatic rings. The van der Waals surface area contributed by atoms with Crippen LogP contribution in [0.4, 0.5) is 0 Å². The van der Waals surface area contributed by atoms with Gasteiger partial charge in [-0.3, -0.25) is 4.90 Å². The average Bonchev–Trinajstić information content (AvgIpc) is 2.98. The number of nitrogens with one attached hydrogen (secondary N) is 1. The van der Waals surface area contributed by atoms with Crippen molar-refractivity contribution >= 4 is 0 Å². The van der Waals surface area contributed by atoms with Crippen LogP contribution in [0.1, 0.15) is 25.5 Å². The Hall–Kier alpha value is -0.840. The zero-order valence-corrected chi connectivity index (χ0v) is 11.4. The maximum absolute atomic E-state index is 6.02. The molecule has 102 valence electrons. The minimum absolute atomic E-state index is 0.369. The van der Waals surface area contributed by atoms with E-state index in [9.17, 15) is 0 Å². The topological polar surface area (TPSA) is 37.6 Å². The van der Waals surface area contributed by atoms with E-state index in [-0.39, 0.29) is 0 Å². The van der Waals surface area contributed by atoms with Crippen LogP contribution in [0.5, 0.6) is 0 Å². The summed E-state index contributed by atoms with van der Waals surface area (Å²) in [5.74, 6) is 1.01. The zero-order valence-electron chi connectivity index (χ0n) is 11.4. The maximum atomic E-state index is 6.02. The molecule has 1 aromatic rings. The third-order valence-corrected chi connectivity index (χ3v) is 3.34. The smallest absolute Gasteiger partial charge is 0.117 e. The first-order valence-corrected chi connectivity index (χ1v) is 6.85. The van der Waals surface area contributed by atoms with Gasteiger partial charge in [0.2, 0.25) is 0 Å². The van der Waals surface area contributed by atoms with Crippen LogP contribution in [-0.4, -0.2) is 43.8 Å². The van der Waals surface area contributed by atoms with Crippen LogP contribution in [0.2, 0.25) is 0 Å². The normalized spacial score (nSPS) is 23.9. The second kappa shape index (κ2) is 6.92. The van der Waals surface area contributed by atoms with Crippen LogP contribution in [-0.2, 0) is 11.3 Å². The summed E-state index contributed by atoms with van der Waals surface area (Å²) < 4.78 is 11.4. The van der Waals surface area contributed by atoms with Gasteiger partial charge < -0.3 is 14.5 Å². The molecule has 18 heavy (non-hydrogen) atoms. The van der Waals surface area contributed by atoms with Gasteiger partial charge in [-0.05, 0) is 38.6 Å². The van der Waals surface area contributed by atoms with E-state index in [0.717, 1.165) is 31.9 Å². The lowest BCUT2D eigenvalue weighted by Gasteiger charge is -2.20. The quantitative estimate of drug-likeness (QED) is 0.804. The van der Waals surface area contributed by atoms with Gasteiger partial charge in [-0.1, -0.05) is 6.92 Å². The van der Waals surface area contributed by atoms with E-state index in [1.807, 2.05) is 12.1 Å². The first kappa shape index (κ1) is 13.6. The summed E-state index contributed by atoms with van der Waals surface area (Å²) in [7, 11) is 2.11. The molecule has 0 radical (unpaired) electrons. The Balaban J connectivity index is 1.67. The molecule has 2 unspecified atom stereocenters. The molecule has 1 saturated heterocycles. The van der Waals surface area contributed by atoms with Crippen molar-refractivity contribution in [2.24, 2.45) is 0 Å². The Morgan fingerprint density at radius 1 is 1.39 bits per heavy atom. The van der Waals surface area contributed by atoms with Gasteiger partial charge in [0.05, 0.1) is 25.0 Å². The highest BCUT2D eigenvalue weighted by Crippen LogP contribution is 2.20. The van der Waals surface area contributed by atoms with Crippen LogP contribution in [0.25, 0.3) is 0 Å². The summed E-state index contributed by atoms with van der Waals surface area (Å²) in [6.07, 6.45) is 4.83. The molecule has 0 bridgehead atoms. The molecule has 0 saturated carbocycles. The minimum atomic E-state index is 0.369. The highest BCUT2D eigenvalue weighted by atomic mass is 16.5. The van der Waals surface area contributed by atoms with Crippen molar-refractivity contribution in [3.05, 3.63) is 24.2 Å². The Bertz CT molecular complexity index is 327. The molecule has 0 aromatic carbocycles. The number of rotatable bonds is 7. The second-order valence-electron chi connectivity index (χ2n) is 5.04. The molecule has 1 fully saturated rings. The zero-order chi connectivity index (χ0) is 12.8. The highest BCUT2D eigenvalue weighted by Gasteiger charge is 2.25. The molecule has 2 rings (SSSR count). The van der Waals surface area contributed by atoms with E-state index in [1.165, 1.54) is 12.8 Å². The lowest BCUT2D eigenvalue weighted by Crippen LogP contribution is -2.31. The lowest BCUT2D eigenvalue weighted by atomic mass is 10.2. The van der Waals surface area contributed by atoms with Crippen LogP contribution >= 0.6 is 0 Å². The molecular formula is C14H24N2O2. The van der Waals surface area contributed by atoms with E-state index in [0.29, 0.717) is 12.2 Å². The van der Waals surface area contributed by atoms with Crippen LogP contribution in [0, 0.1) is 0 Å². The average molecular weight is 252 g/mol. The van der Waals surface area contributed by atoms with Gasteiger partial charge in [0.1, 0.15) is 5.76 Å². The van der Waals surface area contributed by atoms with Crippen molar-refractivity contribution in [3.63, 3.8) is 0 Å². The number of nitrogens with zero attached hydrogens (tertiary/aromatic N) is 1. The van der Waals surface area contributed by atoms with Gasteiger partial charge in [0, 0.05) is 13.1 Å². The number of likely N-dealkylation sites (N-methyl/N-ethyl adjacent to an activating group) is 2. The van der Waals surface area contributed by atoms with E-state index < -0.39 is 0 Å². The fourth-order valence-corrected chi connectivity index (χ4v) is 2.45. The van der Waals surface area contributed by atoms with Gasteiger partial charge in [-0.25, -0.2) is 0 Å². The Labute approximate surface area is 109 Å². The van der Waals surface area contributed by atoms with E-state index in [2.05, 4.69) is 24.2 Å². The predicted octanol–water partition coefficient (Wildman–Crippen LogP) is 1.87. The molecular weight excluding hydrogens is 228 g/mol. The standard InChI is InChI=1S/C14H24N2O2/c1-3-15-9-12-6-7-14(18-12)11-16(2)10-13-5-4-8-17-13/h4-5,8,12,14-15H,3,6-7,9-11H2,1-2H3. The van der Waals surface area contributed by atoms with Crippen molar-refractivity contribution in [1.82, 2.24) is 10.2 Å². The first-order valence-electron chi connectivity index (χ1n) is 6.85. The minimum Gasteiger partial charge on any atom is -0.468 e. The van der Waals surface area contributed by atoms with Crippen LogP contribution in [0.15, 0.2) is 22.8 Å². The third-order valence-electron chi connectivity index (χ3n) is 3.34. The van der Waals surface area contributed by atoms with E-state index in [4.69, 9.17) is 9.15 Å².